The van der Waals surface area contributed by atoms with Crippen molar-refractivity contribution in [3.63, 3.8) is 0 Å². The molecule has 5 heteroatoms. The molecule has 0 radical (unpaired) electrons. The Labute approximate surface area is 101 Å². The molecule has 1 aromatic heterocycles. The summed E-state index contributed by atoms with van der Waals surface area (Å²) in [6.07, 6.45) is 1.86. The Morgan fingerprint density at radius 2 is 2.38 bits per heavy atom. The van der Waals surface area contributed by atoms with Crippen molar-refractivity contribution < 1.29 is 9.90 Å². The van der Waals surface area contributed by atoms with E-state index in [0.717, 1.165) is 15.4 Å². The molecule has 1 aromatic carbocycles. The number of hydrogen-bond acceptors (Lipinski definition) is 2. The third-order valence-corrected chi connectivity index (χ3v) is 2.89. The highest BCUT2D eigenvalue weighted by Gasteiger charge is 2.12. The Kier molecular flexibility index (Phi) is 2.96. The molecule has 1 heterocycles. The summed E-state index contributed by atoms with van der Waals surface area (Å²) in [4.78, 5) is 10.7. The van der Waals surface area contributed by atoms with E-state index in [-0.39, 0.29) is 0 Å². The number of carboxylic acid groups (broad SMARTS) is 1. The van der Waals surface area contributed by atoms with E-state index in [1.165, 1.54) is 0 Å². The lowest BCUT2D eigenvalue weighted by molar-refractivity contribution is -0.141. The molecule has 0 aliphatic heterocycles. The molecule has 0 saturated carbocycles. The lowest BCUT2D eigenvalue weighted by Crippen LogP contribution is -2.16. The van der Waals surface area contributed by atoms with Gasteiger partial charge >= 0.3 is 5.97 Å². The second kappa shape index (κ2) is 4.25. The van der Waals surface area contributed by atoms with Crippen LogP contribution in [0.25, 0.3) is 10.9 Å². The fraction of sp³-hybridized carbons (Fsp3) is 0.273. The van der Waals surface area contributed by atoms with Crippen LogP contribution < -0.4 is 0 Å². The van der Waals surface area contributed by atoms with Gasteiger partial charge in [-0.25, -0.2) is 0 Å². The summed E-state index contributed by atoms with van der Waals surface area (Å²) in [6, 6.07) is 5.81. The summed E-state index contributed by atoms with van der Waals surface area (Å²) in [6.45, 7) is 2.06. The molecular weight excluding hydrogens is 272 g/mol. The number of aromatic nitrogens is 2. The second-order valence-electron chi connectivity index (χ2n) is 3.79. The van der Waals surface area contributed by atoms with Gasteiger partial charge in [0.05, 0.1) is 18.0 Å². The number of hydrogen-bond donors (Lipinski definition) is 1. The van der Waals surface area contributed by atoms with Gasteiger partial charge in [0.1, 0.15) is 0 Å². The van der Waals surface area contributed by atoms with Gasteiger partial charge in [0.15, 0.2) is 0 Å². The van der Waals surface area contributed by atoms with Crippen LogP contribution in [-0.4, -0.2) is 20.9 Å². The highest BCUT2D eigenvalue weighted by Crippen LogP contribution is 2.18. The summed E-state index contributed by atoms with van der Waals surface area (Å²) in [5.41, 5.74) is 0.868. The third-order valence-electron chi connectivity index (χ3n) is 2.40. The first kappa shape index (κ1) is 11.1. The molecular formula is C11H11BrN2O2. The summed E-state index contributed by atoms with van der Waals surface area (Å²) in [7, 11) is 0. The van der Waals surface area contributed by atoms with Gasteiger partial charge in [-0.05, 0) is 12.1 Å². The van der Waals surface area contributed by atoms with Crippen molar-refractivity contribution in [1.29, 1.82) is 0 Å². The van der Waals surface area contributed by atoms with E-state index < -0.39 is 11.9 Å². The van der Waals surface area contributed by atoms with E-state index in [9.17, 15) is 4.79 Å². The molecule has 4 nitrogen and oxygen atoms in total. The number of nitrogens with zero attached hydrogens (tertiary/aromatic N) is 2. The number of rotatable bonds is 3. The van der Waals surface area contributed by atoms with Crippen LogP contribution in [0.15, 0.2) is 28.9 Å². The first-order valence-corrected chi connectivity index (χ1v) is 5.71. The van der Waals surface area contributed by atoms with Crippen LogP contribution in [0.2, 0.25) is 0 Å². The van der Waals surface area contributed by atoms with Gasteiger partial charge in [-0.3, -0.25) is 9.48 Å². The van der Waals surface area contributed by atoms with E-state index >= 15 is 0 Å². The molecule has 0 bridgehead atoms. The molecule has 0 amide bonds. The monoisotopic (exact) mass is 282 g/mol. The predicted molar refractivity (Wildman–Crippen MR) is 64.2 cm³/mol. The van der Waals surface area contributed by atoms with Gasteiger partial charge in [0.2, 0.25) is 0 Å². The van der Waals surface area contributed by atoms with Crippen molar-refractivity contribution in [2.75, 3.05) is 0 Å². The number of carboxylic acids is 1. The Bertz CT molecular complexity index is 536. The van der Waals surface area contributed by atoms with Crippen molar-refractivity contribution in [2.45, 2.75) is 13.5 Å². The zero-order chi connectivity index (χ0) is 11.7. The van der Waals surface area contributed by atoms with Crippen LogP contribution in [0.1, 0.15) is 6.92 Å². The number of halogens is 1. The molecule has 1 unspecified atom stereocenters. The van der Waals surface area contributed by atoms with E-state index in [1.807, 2.05) is 24.4 Å². The normalized spacial score (nSPS) is 12.9. The van der Waals surface area contributed by atoms with Gasteiger partial charge < -0.3 is 5.11 Å². The highest BCUT2D eigenvalue weighted by molar-refractivity contribution is 9.10. The predicted octanol–water partition coefficient (Wildman–Crippen LogP) is 2.52. The second-order valence-corrected chi connectivity index (χ2v) is 4.71. The smallest absolute Gasteiger partial charge is 0.308 e. The van der Waals surface area contributed by atoms with E-state index in [0.29, 0.717) is 6.54 Å². The van der Waals surface area contributed by atoms with Crippen molar-refractivity contribution in [3.05, 3.63) is 28.9 Å². The summed E-state index contributed by atoms with van der Waals surface area (Å²) < 4.78 is 2.65. The van der Waals surface area contributed by atoms with Crippen molar-refractivity contribution in [2.24, 2.45) is 5.92 Å². The lowest BCUT2D eigenvalue weighted by Gasteiger charge is -2.04. The van der Waals surface area contributed by atoms with Crippen LogP contribution >= 0.6 is 15.9 Å². The molecule has 1 atom stereocenters. The number of carbonyl (C=O) groups is 1. The topological polar surface area (TPSA) is 55.1 Å². The average molecular weight is 283 g/mol. The maximum Gasteiger partial charge on any atom is 0.308 e. The molecule has 1 N–H and O–H groups in total. The largest absolute Gasteiger partial charge is 0.481 e. The SMILES string of the molecule is CC(Cn1cc2ccc(Br)cc2n1)C(=O)O. The summed E-state index contributed by atoms with van der Waals surface area (Å²) >= 11 is 3.37. The number of benzene rings is 1. The standard InChI is InChI=1S/C11H11BrN2O2/c1-7(11(15)16)5-14-6-8-2-3-9(12)4-10(8)13-14/h2-4,6-7H,5H2,1H3,(H,15,16). The Balaban J connectivity index is 2.29. The van der Waals surface area contributed by atoms with E-state index in [2.05, 4.69) is 21.0 Å². The molecule has 0 aliphatic rings. The van der Waals surface area contributed by atoms with Crippen LogP contribution in [0.5, 0.6) is 0 Å². The first-order chi connectivity index (χ1) is 7.56. The van der Waals surface area contributed by atoms with Gasteiger partial charge in [0, 0.05) is 16.1 Å². The average Bonchev–Trinajstić information content (AvgIpc) is 2.58. The Morgan fingerprint density at radius 3 is 3.06 bits per heavy atom. The zero-order valence-electron chi connectivity index (χ0n) is 8.72. The van der Waals surface area contributed by atoms with Crippen molar-refractivity contribution in [3.8, 4) is 0 Å². The summed E-state index contributed by atoms with van der Waals surface area (Å²) in [5, 5.41) is 14.1. The van der Waals surface area contributed by atoms with Gasteiger partial charge in [-0.1, -0.05) is 28.9 Å². The molecule has 0 spiro atoms. The number of aliphatic carboxylic acids is 1. The Morgan fingerprint density at radius 1 is 1.62 bits per heavy atom. The molecule has 2 aromatic rings. The van der Waals surface area contributed by atoms with Crippen LogP contribution in [0, 0.1) is 5.92 Å². The van der Waals surface area contributed by atoms with Gasteiger partial charge in [0.25, 0.3) is 0 Å². The van der Waals surface area contributed by atoms with Crippen LogP contribution in [-0.2, 0) is 11.3 Å². The molecule has 0 fully saturated rings. The van der Waals surface area contributed by atoms with Crippen molar-refractivity contribution >= 4 is 32.8 Å². The molecule has 2 rings (SSSR count). The minimum Gasteiger partial charge on any atom is -0.481 e. The molecule has 16 heavy (non-hydrogen) atoms. The van der Waals surface area contributed by atoms with Gasteiger partial charge in [-0.15, -0.1) is 0 Å². The van der Waals surface area contributed by atoms with Crippen molar-refractivity contribution in [1.82, 2.24) is 9.78 Å². The number of fused-ring (bicyclic) bond motifs is 1. The van der Waals surface area contributed by atoms with Gasteiger partial charge in [-0.2, -0.15) is 5.10 Å². The fourth-order valence-corrected chi connectivity index (χ4v) is 1.84. The molecule has 0 saturated heterocycles. The minimum absolute atomic E-state index is 0.391. The summed E-state index contributed by atoms with van der Waals surface area (Å²) in [5.74, 6) is -1.24. The quantitative estimate of drug-likeness (QED) is 0.941. The van der Waals surface area contributed by atoms with Crippen LogP contribution in [0.3, 0.4) is 0 Å². The van der Waals surface area contributed by atoms with E-state index in [1.54, 1.807) is 11.6 Å². The van der Waals surface area contributed by atoms with Crippen LogP contribution in [0.4, 0.5) is 0 Å². The lowest BCUT2D eigenvalue weighted by atomic mass is 10.2. The fourth-order valence-electron chi connectivity index (χ4n) is 1.49. The van der Waals surface area contributed by atoms with E-state index in [4.69, 9.17) is 5.11 Å². The molecule has 84 valence electrons. The highest BCUT2D eigenvalue weighted by atomic mass is 79.9. The Hall–Kier alpha value is -1.36. The maximum absolute atomic E-state index is 10.7. The first-order valence-electron chi connectivity index (χ1n) is 4.92. The zero-order valence-corrected chi connectivity index (χ0v) is 10.3. The molecule has 0 aliphatic carbocycles. The maximum atomic E-state index is 10.7. The third kappa shape index (κ3) is 2.24. The minimum atomic E-state index is -0.805.